The fourth-order valence-corrected chi connectivity index (χ4v) is 4.25. The van der Waals surface area contributed by atoms with Crippen molar-refractivity contribution >= 4 is 30.2 Å². The molecule has 6 nitrogen and oxygen atoms in total. The fraction of sp³-hybridized carbons (Fsp3) is 0.360. The molecule has 170 valence electrons. The number of fused-ring (bicyclic) bond motifs is 1. The third kappa shape index (κ3) is 4.96. The van der Waals surface area contributed by atoms with E-state index in [0.717, 1.165) is 5.56 Å². The van der Waals surface area contributed by atoms with Gasteiger partial charge in [-0.25, -0.2) is 9.18 Å². The lowest BCUT2D eigenvalue weighted by Crippen LogP contribution is -2.48. The van der Waals surface area contributed by atoms with Crippen LogP contribution in [0.4, 0.5) is 9.18 Å². The smallest absolute Gasteiger partial charge is 0.412 e. The van der Waals surface area contributed by atoms with Gasteiger partial charge in [-0.1, -0.05) is 41.9 Å². The number of rotatable bonds is 6. The van der Waals surface area contributed by atoms with E-state index in [1.807, 2.05) is 44.2 Å². The fourth-order valence-electron chi connectivity index (χ4n) is 4.25. The maximum Gasteiger partial charge on any atom is 0.412 e. The Bertz CT molecular complexity index is 1210. The van der Waals surface area contributed by atoms with Crippen molar-refractivity contribution in [2.24, 2.45) is 0 Å². The molecular weight excluding hydrogens is 422 g/mol. The molecule has 2 radical (unpaired) electrons. The van der Waals surface area contributed by atoms with Crippen molar-refractivity contribution in [3.63, 3.8) is 0 Å². The molecule has 0 unspecified atom stereocenters. The Balaban J connectivity index is 1.40. The van der Waals surface area contributed by atoms with E-state index in [1.54, 1.807) is 21.7 Å². The van der Waals surface area contributed by atoms with Gasteiger partial charge in [-0.15, -0.1) is 0 Å². The highest BCUT2D eigenvalue weighted by Gasteiger charge is 2.44. The first-order chi connectivity index (χ1) is 15.8. The van der Waals surface area contributed by atoms with Gasteiger partial charge in [0.2, 0.25) is 0 Å². The highest BCUT2D eigenvalue weighted by molar-refractivity contribution is 6.33. The normalized spacial score (nSPS) is 17.4. The Kier molecular flexibility index (Phi) is 6.56. The first-order valence-electron chi connectivity index (χ1n) is 11.0. The molecule has 3 aromatic rings. The van der Waals surface area contributed by atoms with Crippen molar-refractivity contribution in [3.05, 3.63) is 76.5 Å². The third-order valence-corrected chi connectivity index (χ3v) is 6.01. The summed E-state index contributed by atoms with van der Waals surface area (Å²) in [7, 11) is 5.60. The summed E-state index contributed by atoms with van der Waals surface area (Å²) in [5.41, 5.74) is -0.124. The number of nitrogens with zero attached hydrogens (tertiary/aromatic N) is 2. The monoisotopic (exact) mass is 448 g/mol. The summed E-state index contributed by atoms with van der Waals surface area (Å²) in [4.78, 5) is 27.3. The number of hydrogen-bond donors (Lipinski definition) is 0. The second kappa shape index (κ2) is 9.39. The van der Waals surface area contributed by atoms with Crippen molar-refractivity contribution in [2.75, 3.05) is 6.61 Å². The number of aryl methyl sites for hydroxylation is 1. The lowest BCUT2D eigenvalue weighted by Gasteiger charge is -2.32. The van der Waals surface area contributed by atoms with Crippen molar-refractivity contribution in [2.45, 2.75) is 51.6 Å². The van der Waals surface area contributed by atoms with Crippen LogP contribution in [0.3, 0.4) is 0 Å². The number of carbonyl (C=O) groups excluding carboxylic acids is 1. The number of ether oxygens (including phenoxy) is 2. The zero-order valence-corrected chi connectivity index (χ0v) is 18.8. The van der Waals surface area contributed by atoms with Gasteiger partial charge >= 0.3 is 6.09 Å². The Morgan fingerprint density at radius 1 is 1.24 bits per heavy atom. The van der Waals surface area contributed by atoms with Gasteiger partial charge in [-0.2, -0.15) is 0 Å². The Labute approximate surface area is 193 Å². The Hall–Kier alpha value is -3.13. The van der Waals surface area contributed by atoms with Crippen LogP contribution in [-0.2, 0) is 22.6 Å². The van der Waals surface area contributed by atoms with Gasteiger partial charge in [0.05, 0.1) is 18.0 Å². The van der Waals surface area contributed by atoms with Crippen LogP contribution in [0, 0.1) is 5.82 Å². The van der Waals surface area contributed by atoms with Crippen LogP contribution in [0.25, 0.3) is 10.8 Å². The minimum Gasteiger partial charge on any atom is -0.444 e. The molecular formula is C25H26BFN2O4. The number of aromatic nitrogens is 1. The van der Waals surface area contributed by atoms with E-state index < -0.39 is 17.6 Å². The van der Waals surface area contributed by atoms with Gasteiger partial charge in [-0.05, 0) is 49.8 Å². The topological polar surface area (TPSA) is 60.8 Å². The number of hydrogen-bond acceptors (Lipinski definition) is 4. The lowest BCUT2D eigenvalue weighted by molar-refractivity contribution is -0.0494. The number of halogens is 1. The molecule has 8 heteroatoms. The summed E-state index contributed by atoms with van der Waals surface area (Å²) in [5.74, 6) is -0.604. The summed E-state index contributed by atoms with van der Waals surface area (Å²) in [5, 5.41) is 0.897. The van der Waals surface area contributed by atoms with Crippen molar-refractivity contribution in [3.8, 4) is 0 Å². The van der Waals surface area contributed by atoms with Crippen LogP contribution >= 0.6 is 0 Å². The summed E-state index contributed by atoms with van der Waals surface area (Å²) in [6.07, 6.45) is 2.52. The van der Waals surface area contributed by atoms with Crippen molar-refractivity contribution in [1.82, 2.24) is 9.47 Å². The SMILES string of the molecule is [B]c1cc2ccn(CCC[C@@H]3COC(C)(C)N3C(=O)OCc3ccccc3)c(=O)c2cc1F. The highest BCUT2D eigenvalue weighted by atomic mass is 19.1. The number of carbonyl (C=O) groups is 1. The van der Waals surface area contributed by atoms with Gasteiger partial charge in [-0.3, -0.25) is 9.69 Å². The molecule has 1 saturated heterocycles. The van der Waals surface area contributed by atoms with Gasteiger partial charge < -0.3 is 14.0 Å². The van der Waals surface area contributed by atoms with E-state index in [9.17, 15) is 14.0 Å². The molecule has 1 aromatic heterocycles. The molecule has 1 fully saturated rings. The van der Waals surface area contributed by atoms with Crippen molar-refractivity contribution in [1.29, 1.82) is 0 Å². The summed E-state index contributed by atoms with van der Waals surface area (Å²) in [6, 6.07) is 13.7. The van der Waals surface area contributed by atoms with Gasteiger partial charge in [0.15, 0.2) is 0 Å². The van der Waals surface area contributed by atoms with Crippen LogP contribution in [0.2, 0.25) is 0 Å². The van der Waals surface area contributed by atoms with Crippen LogP contribution in [0.15, 0.2) is 59.5 Å². The minimum atomic E-state index is -0.782. The molecule has 2 heterocycles. The predicted molar refractivity (Wildman–Crippen MR) is 125 cm³/mol. The average molecular weight is 448 g/mol. The number of benzene rings is 2. The Morgan fingerprint density at radius 3 is 2.76 bits per heavy atom. The van der Waals surface area contributed by atoms with Crippen LogP contribution in [-0.4, -0.2) is 41.8 Å². The molecule has 4 rings (SSSR count). The summed E-state index contributed by atoms with van der Waals surface area (Å²) < 4.78 is 26.8. The quantitative estimate of drug-likeness (QED) is 0.542. The van der Waals surface area contributed by atoms with Crippen LogP contribution < -0.4 is 11.0 Å². The number of amides is 1. The van der Waals surface area contributed by atoms with Gasteiger partial charge in [0.25, 0.3) is 5.56 Å². The highest BCUT2D eigenvalue weighted by Crippen LogP contribution is 2.30. The van der Waals surface area contributed by atoms with E-state index >= 15 is 0 Å². The first kappa shape index (κ1) is 23.0. The molecule has 0 spiro atoms. The second-order valence-electron chi connectivity index (χ2n) is 8.74. The minimum absolute atomic E-state index is 0.0164. The van der Waals surface area contributed by atoms with E-state index in [4.69, 9.17) is 17.3 Å². The van der Waals surface area contributed by atoms with Gasteiger partial charge in [0.1, 0.15) is 26.0 Å². The molecule has 1 atom stereocenters. The molecule has 1 aliphatic heterocycles. The lowest BCUT2D eigenvalue weighted by atomic mass is 9.93. The van der Waals surface area contributed by atoms with E-state index in [-0.39, 0.29) is 23.7 Å². The molecule has 1 aliphatic rings. The molecule has 1 amide bonds. The van der Waals surface area contributed by atoms with E-state index in [2.05, 4.69) is 0 Å². The Morgan fingerprint density at radius 2 is 2.00 bits per heavy atom. The predicted octanol–water partition coefficient (Wildman–Crippen LogP) is 3.49. The van der Waals surface area contributed by atoms with Crippen molar-refractivity contribution < 1.29 is 18.7 Å². The zero-order valence-electron chi connectivity index (χ0n) is 18.8. The largest absolute Gasteiger partial charge is 0.444 e. The maximum atomic E-state index is 13.8. The van der Waals surface area contributed by atoms with E-state index in [0.29, 0.717) is 36.8 Å². The molecule has 0 bridgehead atoms. The molecule has 2 aromatic carbocycles. The van der Waals surface area contributed by atoms with Gasteiger partial charge in [0, 0.05) is 12.7 Å². The summed E-state index contributed by atoms with van der Waals surface area (Å²) in [6.45, 7) is 4.69. The molecule has 0 N–H and O–H groups in total. The standard InChI is InChI=1S/C25H26BFN2O4/c1-25(2)29(24(31)32-15-17-7-4-3-5-8-17)19(16-33-25)9-6-11-28-12-10-18-13-21(26)22(27)14-20(18)23(28)30/h3-5,7-8,10,12-14,19H,6,9,11,15-16H2,1-2H3/t19-/m1/s1. The third-order valence-electron chi connectivity index (χ3n) is 6.01. The van der Waals surface area contributed by atoms with Crippen LogP contribution in [0.1, 0.15) is 32.3 Å². The zero-order chi connectivity index (χ0) is 23.6. The first-order valence-corrected chi connectivity index (χ1v) is 11.0. The second-order valence-corrected chi connectivity index (χ2v) is 8.74. The summed E-state index contributed by atoms with van der Waals surface area (Å²) >= 11 is 0. The maximum absolute atomic E-state index is 13.8. The molecule has 33 heavy (non-hydrogen) atoms. The number of pyridine rings is 1. The van der Waals surface area contributed by atoms with Crippen LogP contribution in [0.5, 0.6) is 0 Å². The van der Waals surface area contributed by atoms with E-state index in [1.165, 1.54) is 12.1 Å². The molecule has 0 saturated carbocycles. The average Bonchev–Trinajstić information content (AvgIpc) is 3.10. The molecule has 0 aliphatic carbocycles.